The molecule has 0 aromatic heterocycles. The zero-order chi connectivity index (χ0) is 13.1. The van der Waals surface area contributed by atoms with Gasteiger partial charge in [0.05, 0.1) is 0 Å². The molecule has 0 unspecified atom stereocenters. The van der Waals surface area contributed by atoms with Crippen molar-refractivity contribution in [2.45, 2.75) is 39.3 Å². The molecule has 1 atom stereocenters. The van der Waals surface area contributed by atoms with Crippen LogP contribution in [0.2, 0.25) is 0 Å². The highest BCUT2D eigenvalue weighted by Crippen LogP contribution is 2.06. The lowest BCUT2D eigenvalue weighted by Gasteiger charge is -2.20. The highest BCUT2D eigenvalue weighted by atomic mass is 16.6. The number of primary amides is 1. The van der Waals surface area contributed by atoms with Crippen molar-refractivity contribution in [3.63, 3.8) is 0 Å². The van der Waals surface area contributed by atoms with Gasteiger partial charge in [-0.2, -0.15) is 0 Å². The van der Waals surface area contributed by atoms with Crippen molar-refractivity contribution in [2.24, 2.45) is 5.73 Å². The molecule has 0 aliphatic heterocycles. The van der Waals surface area contributed by atoms with Crippen molar-refractivity contribution < 1.29 is 18.4 Å². The number of rotatable bonds is 2. The van der Waals surface area contributed by atoms with Crippen LogP contribution >= 0.6 is 0 Å². The maximum Gasteiger partial charge on any atom is 0.408 e. The minimum absolute atomic E-state index is 0.777. The lowest BCUT2D eigenvalue weighted by atomic mass is 10.2. The zero-order valence-corrected chi connectivity index (χ0v) is 7.88. The van der Waals surface area contributed by atoms with Crippen molar-refractivity contribution in [3.8, 4) is 0 Å². The first kappa shape index (κ1) is 7.17. The fraction of sp³-hybridized carbons (Fsp3) is 0.750. The summed E-state index contributed by atoms with van der Waals surface area (Å²) < 4.78 is 25.8. The Morgan fingerprint density at radius 1 is 1.54 bits per heavy atom. The zero-order valence-electron chi connectivity index (χ0n) is 10.9. The molecule has 0 radical (unpaired) electrons. The van der Waals surface area contributed by atoms with Gasteiger partial charge in [0.1, 0.15) is 11.6 Å². The first-order valence-electron chi connectivity index (χ1n) is 5.22. The monoisotopic (exact) mass is 191 g/mol. The molecule has 0 bridgehead atoms. The maximum absolute atomic E-state index is 11.2. The lowest BCUT2D eigenvalue weighted by Crippen LogP contribution is -2.44. The molecule has 0 aromatic carbocycles. The Balaban J connectivity index is 4.56. The van der Waals surface area contributed by atoms with E-state index in [0.29, 0.717) is 0 Å². The van der Waals surface area contributed by atoms with Gasteiger partial charge < -0.3 is 15.8 Å². The van der Waals surface area contributed by atoms with Crippen molar-refractivity contribution in [2.75, 3.05) is 0 Å². The van der Waals surface area contributed by atoms with E-state index >= 15 is 0 Å². The molecule has 3 N–H and O–H groups in total. The average Bonchev–Trinajstić information content (AvgIpc) is 1.93. The van der Waals surface area contributed by atoms with Gasteiger partial charge in [0.25, 0.3) is 0 Å². The molecule has 0 spiro atoms. The second kappa shape index (κ2) is 4.11. The standard InChI is InChI=1S/C8H16N2O3/c1-5(6(9)11)10-7(12)13-8(2,3)4/h5H,1-4H3,(H2,9,11)(H,10,12)/t5-/m0/s1/i1D3. The number of carbonyl (C=O) groups excluding carboxylic acids is 2. The van der Waals surface area contributed by atoms with Gasteiger partial charge in [-0.15, -0.1) is 0 Å². The maximum atomic E-state index is 11.2. The van der Waals surface area contributed by atoms with Crippen LogP contribution < -0.4 is 11.1 Å². The number of hydrogen-bond acceptors (Lipinski definition) is 3. The number of hydrogen-bond donors (Lipinski definition) is 2. The summed E-state index contributed by atoms with van der Waals surface area (Å²) >= 11 is 0. The third kappa shape index (κ3) is 5.95. The van der Waals surface area contributed by atoms with Gasteiger partial charge in [0.2, 0.25) is 5.91 Å². The van der Waals surface area contributed by atoms with Gasteiger partial charge in [-0.25, -0.2) is 4.79 Å². The Hall–Kier alpha value is -1.26. The Labute approximate surface area is 81.8 Å². The van der Waals surface area contributed by atoms with E-state index in [1.165, 1.54) is 0 Å². The van der Waals surface area contributed by atoms with Crippen LogP contribution in [0.1, 0.15) is 31.7 Å². The highest BCUT2D eigenvalue weighted by Gasteiger charge is 2.19. The predicted molar refractivity (Wildman–Crippen MR) is 48.0 cm³/mol. The molecular formula is C8H16N2O3. The van der Waals surface area contributed by atoms with Crippen molar-refractivity contribution in [1.29, 1.82) is 0 Å². The second-order valence-electron chi connectivity index (χ2n) is 3.48. The van der Waals surface area contributed by atoms with Gasteiger partial charge in [0.15, 0.2) is 0 Å². The van der Waals surface area contributed by atoms with Crippen LogP contribution in [0.25, 0.3) is 0 Å². The summed E-state index contributed by atoms with van der Waals surface area (Å²) in [5, 5.41) is 1.91. The number of nitrogens with two attached hydrogens (primary N) is 1. The molecule has 13 heavy (non-hydrogen) atoms. The normalized spacial score (nSPS) is 17.6. The average molecular weight is 191 g/mol. The quantitative estimate of drug-likeness (QED) is 0.662. The molecule has 0 heterocycles. The van der Waals surface area contributed by atoms with Gasteiger partial charge in [-0.05, 0) is 27.6 Å². The SMILES string of the molecule is [2H]C([2H])([2H])[C@H](NC(=O)OC(C)(C)C)C(N)=O. The second-order valence-corrected chi connectivity index (χ2v) is 3.48. The van der Waals surface area contributed by atoms with E-state index in [1.807, 2.05) is 5.32 Å². The van der Waals surface area contributed by atoms with Crippen molar-refractivity contribution >= 4 is 12.0 Å². The van der Waals surface area contributed by atoms with E-state index in [2.05, 4.69) is 0 Å². The summed E-state index contributed by atoms with van der Waals surface area (Å²) in [5.41, 5.74) is 4.09. The minimum Gasteiger partial charge on any atom is -0.444 e. The van der Waals surface area contributed by atoms with Crippen LogP contribution in [0.15, 0.2) is 0 Å². The minimum atomic E-state index is -2.69. The molecule has 5 heteroatoms. The summed E-state index contributed by atoms with van der Waals surface area (Å²) in [6.07, 6.45) is -0.993. The third-order valence-electron chi connectivity index (χ3n) is 0.946. The molecule has 0 saturated carbocycles. The Morgan fingerprint density at radius 3 is 2.38 bits per heavy atom. The lowest BCUT2D eigenvalue weighted by molar-refractivity contribution is -0.119. The number of carbonyl (C=O) groups is 2. The van der Waals surface area contributed by atoms with Crippen LogP contribution in [-0.2, 0) is 9.53 Å². The van der Waals surface area contributed by atoms with E-state index in [9.17, 15) is 9.59 Å². The molecule has 0 aliphatic rings. The molecule has 0 saturated heterocycles. The van der Waals surface area contributed by atoms with Gasteiger partial charge >= 0.3 is 6.09 Å². The fourth-order valence-electron chi connectivity index (χ4n) is 0.497. The summed E-state index contributed by atoms with van der Waals surface area (Å²) in [6, 6.07) is -1.75. The molecule has 0 fully saturated rings. The van der Waals surface area contributed by atoms with Crippen LogP contribution in [0.5, 0.6) is 0 Å². The highest BCUT2D eigenvalue weighted by molar-refractivity contribution is 5.83. The smallest absolute Gasteiger partial charge is 0.408 e. The molecule has 0 aliphatic carbocycles. The van der Waals surface area contributed by atoms with Gasteiger partial charge in [0, 0.05) is 4.11 Å². The van der Waals surface area contributed by atoms with Crippen LogP contribution in [0.4, 0.5) is 4.79 Å². The molecule has 0 rings (SSSR count). The van der Waals surface area contributed by atoms with Crippen molar-refractivity contribution in [3.05, 3.63) is 0 Å². The Bertz CT molecular complexity index is 283. The van der Waals surface area contributed by atoms with E-state index in [1.54, 1.807) is 20.8 Å². The topological polar surface area (TPSA) is 81.4 Å². The largest absolute Gasteiger partial charge is 0.444 e. The number of ether oxygens (including phenoxy) is 1. The van der Waals surface area contributed by atoms with Gasteiger partial charge in [-0.1, -0.05) is 0 Å². The van der Waals surface area contributed by atoms with Gasteiger partial charge in [-0.3, -0.25) is 4.79 Å². The van der Waals surface area contributed by atoms with E-state index in [0.717, 1.165) is 0 Å². The molecule has 76 valence electrons. The summed E-state index contributed by atoms with van der Waals surface area (Å²) in [5.74, 6) is -1.13. The molecular weight excluding hydrogens is 172 g/mol. The summed E-state index contributed by atoms with van der Waals surface area (Å²) in [6.45, 7) is 2.15. The Kier molecular flexibility index (Phi) is 2.27. The van der Waals surface area contributed by atoms with Crippen LogP contribution in [-0.4, -0.2) is 23.6 Å². The summed E-state index contributed by atoms with van der Waals surface area (Å²) in [4.78, 5) is 22.1. The molecule has 0 aromatic rings. The van der Waals surface area contributed by atoms with E-state index in [4.69, 9.17) is 14.6 Å². The number of alkyl carbamates (subject to hydrolysis) is 1. The van der Waals surface area contributed by atoms with Crippen LogP contribution in [0.3, 0.4) is 0 Å². The fourth-order valence-corrected chi connectivity index (χ4v) is 0.497. The van der Waals surface area contributed by atoms with E-state index < -0.39 is 30.5 Å². The third-order valence-corrected chi connectivity index (χ3v) is 0.946. The Morgan fingerprint density at radius 2 is 2.08 bits per heavy atom. The van der Waals surface area contributed by atoms with Crippen LogP contribution in [0, 0.1) is 0 Å². The van der Waals surface area contributed by atoms with Crippen molar-refractivity contribution in [1.82, 2.24) is 5.32 Å². The first-order valence-corrected chi connectivity index (χ1v) is 3.72. The number of amides is 2. The predicted octanol–water partition coefficient (Wildman–Crippen LogP) is 0.385. The molecule has 2 amide bonds. The summed E-state index contributed by atoms with van der Waals surface area (Å²) in [7, 11) is 0. The number of nitrogens with one attached hydrogen (secondary N) is 1. The molecule has 5 nitrogen and oxygen atoms in total. The first-order chi connectivity index (χ1) is 6.93. The van der Waals surface area contributed by atoms with E-state index in [-0.39, 0.29) is 0 Å².